The highest BCUT2D eigenvalue weighted by molar-refractivity contribution is 6.06. The highest BCUT2D eigenvalue weighted by Crippen LogP contribution is 2.30. The fourth-order valence-corrected chi connectivity index (χ4v) is 2.76. The lowest BCUT2D eigenvalue weighted by Gasteiger charge is -2.16. The molecule has 2 aromatic carbocycles. The number of anilines is 1. The second-order valence-corrected chi connectivity index (χ2v) is 6.46. The molecule has 0 radical (unpaired) electrons. The quantitative estimate of drug-likeness (QED) is 0.732. The summed E-state index contributed by atoms with van der Waals surface area (Å²) >= 11 is 0. The lowest BCUT2D eigenvalue weighted by molar-refractivity contribution is -0.862. The number of quaternary nitrogens is 1. The fraction of sp³-hybridized carbons (Fsp3) is 0.263. The Hall–Kier alpha value is -2.86. The molecule has 0 aliphatic rings. The Balaban J connectivity index is 1.71. The number of benzene rings is 2. The highest BCUT2D eigenvalue weighted by Gasteiger charge is 2.16. The number of hydrogen-bond donors (Lipinski definition) is 2. The predicted octanol–water partition coefficient (Wildman–Crippen LogP) is 1.13. The summed E-state index contributed by atoms with van der Waals surface area (Å²) in [5.74, 6) is -0.132. The molecule has 1 atom stereocenters. The summed E-state index contributed by atoms with van der Waals surface area (Å²) in [5, 5.41) is 4.89. The van der Waals surface area contributed by atoms with Crippen molar-refractivity contribution in [3.63, 3.8) is 0 Å². The van der Waals surface area contributed by atoms with Gasteiger partial charge in [-0.1, -0.05) is 18.2 Å². The first kappa shape index (κ1) is 17.0. The molecule has 0 spiro atoms. The van der Waals surface area contributed by atoms with Crippen LogP contribution in [0.5, 0.6) is 0 Å². The van der Waals surface area contributed by atoms with Gasteiger partial charge in [-0.25, -0.2) is 0 Å². The number of carbonyl (C=O) groups is 2. The van der Waals surface area contributed by atoms with Gasteiger partial charge >= 0.3 is 0 Å². The van der Waals surface area contributed by atoms with Crippen LogP contribution in [0.4, 0.5) is 5.69 Å². The predicted molar refractivity (Wildman–Crippen MR) is 97.7 cm³/mol. The third kappa shape index (κ3) is 3.80. The highest BCUT2D eigenvalue weighted by atomic mass is 16.3. The third-order valence-corrected chi connectivity index (χ3v) is 4.07. The number of carbonyl (C=O) groups excluding carboxylic acids is 2. The van der Waals surface area contributed by atoms with E-state index in [1.807, 2.05) is 49.5 Å². The summed E-state index contributed by atoms with van der Waals surface area (Å²) in [7, 11) is 5.24. The van der Waals surface area contributed by atoms with Crippen LogP contribution in [0.15, 0.2) is 46.9 Å². The van der Waals surface area contributed by atoms with Crippen molar-refractivity contribution in [3.8, 4) is 0 Å². The molecule has 3 rings (SSSR count). The van der Waals surface area contributed by atoms with Crippen LogP contribution < -0.4 is 10.2 Å². The normalized spacial score (nSPS) is 12.3. The van der Waals surface area contributed by atoms with Crippen molar-refractivity contribution in [2.75, 3.05) is 39.5 Å². The number of nitrogens with zero attached hydrogens (tertiary/aromatic N) is 1. The molecule has 130 valence electrons. The van der Waals surface area contributed by atoms with Gasteiger partial charge in [0, 0.05) is 30.6 Å². The molecule has 0 aliphatic carbocycles. The van der Waals surface area contributed by atoms with Crippen LogP contribution in [0.25, 0.3) is 21.9 Å². The Morgan fingerprint density at radius 1 is 1.04 bits per heavy atom. The molecule has 0 saturated heterocycles. The first-order valence-electron chi connectivity index (χ1n) is 8.16. The van der Waals surface area contributed by atoms with Crippen LogP contribution in [0.1, 0.15) is 0 Å². The smallest absolute Gasteiger partial charge is 0.279 e. The van der Waals surface area contributed by atoms with E-state index in [1.165, 1.54) is 4.90 Å². The van der Waals surface area contributed by atoms with Crippen LogP contribution in [0, 0.1) is 0 Å². The van der Waals surface area contributed by atoms with E-state index in [4.69, 9.17) is 4.42 Å². The summed E-state index contributed by atoms with van der Waals surface area (Å²) in [6.45, 7) is 0.509. The molecule has 0 fully saturated rings. The number of hydrogen-bond acceptors (Lipinski definition) is 3. The van der Waals surface area contributed by atoms with Gasteiger partial charge in [-0.15, -0.1) is 0 Å². The lowest BCUT2D eigenvalue weighted by atomic mass is 10.1. The molecule has 3 aromatic rings. The van der Waals surface area contributed by atoms with Gasteiger partial charge in [0.2, 0.25) is 0 Å². The molecule has 0 aliphatic heterocycles. The Labute approximate surface area is 146 Å². The zero-order valence-electron chi connectivity index (χ0n) is 14.6. The van der Waals surface area contributed by atoms with Crippen molar-refractivity contribution in [2.45, 2.75) is 0 Å². The van der Waals surface area contributed by atoms with Crippen LogP contribution in [-0.2, 0) is 9.59 Å². The van der Waals surface area contributed by atoms with E-state index in [2.05, 4.69) is 5.32 Å². The van der Waals surface area contributed by atoms with Crippen molar-refractivity contribution in [3.05, 3.63) is 42.5 Å². The molecule has 0 saturated carbocycles. The monoisotopic (exact) mass is 340 g/mol. The second-order valence-electron chi connectivity index (χ2n) is 6.46. The minimum Gasteiger partial charge on any atom is -0.456 e. The van der Waals surface area contributed by atoms with Gasteiger partial charge in [-0.3, -0.25) is 9.59 Å². The van der Waals surface area contributed by atoms with Crippen molar-refractivity contribution < 1.29 is 18.9 Å². The van der Waals surface area contributed by atoms with Gasteiger partial charge in [0.25, 0.3) is 11.8 Å². The number of furan rings is 1. The van der Waals surface area contributed by atoms with Crippen LogP contribution >= 0.6 is 0 Å². The topological polar surface area (TPSA) is 67.0 Å². The first-order valence-corrected chi connectivity index (χ1v) is 8.16. The van der Waals surface area contributed by atoms with Crippen molar-refractivity contribution in [1.82, 2.24) is 4.90 Å². The summed E-state index contributed by atoms with van der Waals surface area (Å²) < 4.78 is 5.78. The molecule has 1 unspecified atom stereocenters. The van der Waals surface area contributed by atoms with E-state index in [0.29, 0.717) is 0 Å². The largest absolute Gasteiger partial charge is 0.456 e. The van der Waals surface area contributed by atoms with Gasteiger partial charge in [0.1, 0.15) is 11.2 Å². The average Bonchev–Trinajstić information content (AvgIpc) is 2.92. The molecule has 6 heteroatoms. The number of nitrogens with one attached hydrogen (secondary N) is 2. The molecule has 25 heavy (non-hydrogen) atoms. The van der Waals surface area contributed by atoms with E-state index >= 15 is 0 Å². The molecular weight excluding hydrogens is 318 g/mol. The third-order valence-electron chi connectivity index (χ3n) is 4.07. The van der Waals surface area contributed by atoms with Gasteiger partial charge in [-0.2, -0.15) is 0 Å². The summed E-state index contributed by atoms with van der Waals surface area (Å²) in [6.07, 6.45) is 0. The molecule has 0 bridgehead atoms. The average molecular weight is 340 g/mol. The first-order chi connectivity index (χ1) is 11.9. The molecular formula is C19H22N3O3+. The Morgan fingerprint density at radius 2 is 1.76 bits per heavy atom. The number of rotatable bonds is 5. The molecule has 2 amide bonds. The minimum atomic E-state index is -0.129. The maximum atomic E-state index is 12.2. The molecule has 2 N–H and O–H groups in total. The standard InChI is InChI=1S/C19H21N3O3/c1-21(2)19(24)12-22(3)11-18(23)20-13-8-9-17-15(10-13)14-6-4-5-7-16(14)25-17/h4-10H,11-12H2,1-3H3,(H,20,23)/p+1. The SMILES string of the molecule is CN(C)C(=O)C[NH+](C)CC(=O)Nc1ccc2oc3ccccc3c2c1. The van der Waals surface area contributed by atoms with Crippen LogP contribution in [0.2, 0.25) is 0 Å². The fourth-order valence-electron chi connectivity index (χ4n) is 2.76. The zero-order valence-corrected chi connectivity index (χ0v) is 14.6. The zero-order chi connectivity index (χ0) is 18.0. The molecule has 1 heterocycles. The molecule has 1 aromatic heterocycles. The van der Waals surface area contributed by atoms with Crippen molar-refractivity contribution in [1.29, 1.82) is 0 Å². The maximum absolute atomic E-state index is 12.2. The number of amides is 2. The van der Waals surface area contributed by atoms with Crippen LogP contribution in [-0.4, -0.2) is 50.9 Å². The lowest BCUT2D eigenvalue weighted by Crippen LogP contribution is -3.11. The van der Waals surface area contributed by atoms with E-state index in [1.54, 1.807) is 14.1 Å². The van der Waals surface area contributed by atoms with E-state index < -0.39 is 0 Å². The number of para-hydroxylation sites is 1. The summed E-state index contributed by atoms with van der Waals surface area (Å²) in [5.41, 5.74) is 2.33. The molecule has 6 nitrogen and oxygen atoms in total. The van der Waals surface area contributed by atoms with Crippen molar-refractivity contribution in [2.24, 2.45) is 0 Å². The van der Waals surface area contributed by atoms with Crippen LogP contribution in [0.3, 0.4) is 0 Å². The Morgan fingerprint density at radius 3 is 2.52 bits per heavy atom. The number of fused-ring (bicyclic) bond motifs is 3. The van der Waals surface area contributed by atoms with E-state index in [0.717, 1.165) is 32.5 Å². The summed E-state index contributed by atoms with van der Waals surface area (Å²) in [6, 6.07) is 13.4. The minimum absolute atomic E-state index is 0.00316. The van der Waals surface area contributed by atoms with Gasteiger partial charge in [0.05, 0.1) is 7.05 Å². The van der Waals surface area contributed by atoms with Gasteiger partial charge in [0.15, 0.2) is 13.1 Å². The van der Waals surface area contributed by atoms with Gasteiger partial charge < -0.3 is 19.5 Å². The van der Waals surface area contributed by atoms with Gasteiger partial charge in [-0.05, 0) is 24.3 Å². The summed E-state index contributed by atoms with van der Waals surface area (Å²) in [4.78, 5) is 26.3. The Bertz CT molecular complexity index is 930. The van der Waals surface area contributed by atoms with Crippen molar-refractivity contribution >= 4 is 39.4 Å². The number of likely N-dealkylation sites (N-methyl/N-ethyl adjacent to an activating group) is 2. The van der Waals surface area contributed by atoms with E-state index in [9.17, 15) is 9.59 Å². The van der Waals surface area contributed by atoms with E-state index in [-0.39, 0.29) is 24.9 Å². The Kier molecular flexibility index (Phi) is 4.72. The maximum Gasteiger partial charge on any atom is 0.279 e. The second kappa shape index (κ2) is 6.94.